The normalized spacial score (nSPS) is 10.9. The SMILES string of the molecule is COc1cc(/C=N/NC(=O)c2cc3ccccc3cc2O)cc([N+](=O)[O-])c1[O-]. The average Bonchev–Trinajstić information content (AvgIpc) is 2.68. The highest BCUT2D eigenvalue weighted by Crippen LogP contribution is 2.34. The molecule has 0 bridgehead atoms. The zero-order valence-corrected chi connectivity index (χ0v) is 14.6. The number of nitro benzene ring substituents is 1. The Balaban J connectivity index is 1.83. The van der Waals surface area contributed by atoms with E-state index in [-0.39, 0.29) is 22.6 Å². The Morgan fingerprint density at radius 3 is 2.54 bits per heavy atom. The number of nitrogens with zero attached hydrogens (tertiary/aromatic N) is 2. The predicted octanol–water partition coefficient (Wildman–Crippen LogP) is 2.30. The summed E-state index contributed by atoms with van der Waals surface area (Å²) in [5.41, 5.74) is 1.78. The monoisotopic (exact) mass is 380 g/mol. The highest BCUT2D eigenvalue weighted by molar-refractivity contribution is 6.01. The van der Waals surface area contributed by atoms with Crippen molar-refractivity contribution in [2.75, 3.05) is 7.11 Å². The van der Waals surface area contributed by atoms with Crippen LogP contribution in [0.4, 0.5) is 5.69 Å². The lowest BCUT2D eigenvalue weighted by atomic mass is 10.1. The minimum absolute atomic E-state index is 0.0225. The number of nitro groups is 1. The molecule has 2 N–H and O–H groups in total. The fourth-order valence-electron chi connectivity index (χ4n) is 2.61. The smallest absolute Gasteiger partial charge is 0.275 e. The third-order valence-electron chi connectivity index (χ3n) is 3.96. The molecule has 0 aliphatic carbocycles. The molecular weight excluding hydrogens is 366 g/mol. The van der Waals surface area contributed by atoms with Gasteiger partial charge in [-0.2, -0.15) is 5.10 Å². The van der Waals surface area contributed by atoms with Gasteiger partial charge in [0.25, 0.3) is 11.6 Å². The number of ether oxygens (including phenoxy) is 1. The van der Waals surface area contributed by atoms with E-state index in [1.165, 1.54) is 25.3 Å². The molecule has 0 heterocycles. The zero-order valence-electron chi connectivity index (χ0n) is 14.6. The lowest BCUT2D eigenvalue weighted by molar-refractivity contribution is -0.398. The van der Waals surface area contributed by atoms with Crippen LogP contribution in [0.2, 0.25) is 0 Å². The summed E-state index contributed by atoms with van der Waals surface area (Å²) in [5, 5.41) is 38.1. The molecule has 142 valence electrons. The Bertz CT molecular complexity index is 1110. The van der Waals surface area contributed by atoms with Crippen LogP contribution in [0.5, 0.6) is 17.2 Å². The number of rotatable bonds is 5. The van der Waals surface area contributed by atoms with Gasteiger partial charge in [-0.3, -0.25) is 14.9 Å². The van der Waals surface area contributed by atoms with Crippen molar-refractivity contribution in [3.05, 3.63) is 69.8 Å². The molecule has 0 saturated heterocycles. The maximum Gasteiger partial charge on any atom is 0.275 e. The van der Waals surface area contributed by atoms with E-state index < -0.39 is 22.3 Å². The number of phenols is 1. The van der Waals surface area contributed by atoms with Crippen LogP contribution in [0.25, 0.3) is 10.8 Å². The van der Waals surface area contributed by atoms with Crippen molar-refractivity contribution >= 4 is 28.6 Å². The molecule has 9 nitrogen and oxygen atoms in total. The van der Waals surface area contributed by atoms with Gasteiger partial charge in [0.1, 0.15) is 11.5 Å². The lowest BCUT2D eigenvalue weighted by Gasteiger charge is -2.13. The number of methoxy groups -OCH3 is 1. The molecule has 0 atom stereocenters. The van der Waals surface area contributed by atoms with E-state index in [1.807, 2.05) is 6.07 Å². The lowest BCUT2D eigenvalue weighted by Crippen LogP contribution is -2.17. The summed E-state index contributed by atoms with van der Waals surface area (Å²) in [6.07, 6.45) is 1.13. The molecule has 0 radical (unpaired) electrons. The van der Waals surface area contributed by atoms with Crippen molar-refractivity contribution in [1.82, 2.24) is 5.43 Å². The van der Waals surface area contributed by atoms with E-state index in [4.69, 9.17) is 4.74 Å². The number of phenolic OH excluding ortho intramolecular Hbond substituents is 1. The molecule has 9 heteroatoms. The number of benzene rings is 3. The molecule has 0 saturated carbocycles. The van der Waals surface area contributed by atoms with Crippen molar-refractivity contribution in [3.63, 3.8) is 0 Å². The number of hydrogen-bond donors (Lipinski definition) is 2. The van der Waals surface area contributed by atoms with Crippen LogP contribution < -0.4 is 15.3 Å². The van der Waals surface area contributed by atoms with Crippen molar-refractivity contribution in [2.45, 2.75) is 0 Å². The number of nitrogens with one attached hydrogen (secondary N) is 1. The summed E-state index contributed by atoms with van der Waals surface area (Å²) < 4.78 is 4.83. The van der Waals surface area contributed by atoms with Gasteiger partial charge in [-0.1, -0.05) is 24.3 Å². The highest BCUT2D eigenvalue weighted by Gasteiger charge is 2.14. The maximum atomic E-state index is 12.3. The molecule has 0 aromatic heterocycles. The molecule has 0 unspecified atom stereocenters. The van der Waals surface area contributed by atoms with Crippen molar-refractivity contribution in [2.24, 2.45) is 5.10 Å². The number of amides is 1. The van der Waals surface area contributed by atoms with Crippen LogP contribution in [0.3, 0.4) is 0 Å². The fraction of sp³-hybridized carbons (Fsp3) is 0.0526. The number of hydrazone groups is 1. The van der Waals surface area contributed by atoms with E-state index in [2.05, 4.69) is 10.5 Å². The highest BCUT2D eigenvalue weighted by atomic mass is 16.6. The summed E-state index contributed by atoms with van der Waals surface area (Å²) >= 11 is 0. The number of hydrogen-bond acceptors (Lipinski definition) is 7. The molecule has 0 aliphatic heterocycles. The Kier molecular flexibility index (Phi) is 5.07. The average molecular weight is 380 g/mol. The van der Waals surface area contributed by atoms with Gasteiger partial charge in [0.2, 0.25) is 0 Å². The second kappa shape index (κ2) is 7.62. The predicted molar refractivity (Wildman–Crippen MR) is 99.8 cm³/mol. The van der Waals surface area contributed by atoms with Crippen LogP contribution in [-0.4, -0.2) is 29.3 Å². The molecule has 3 aromatic rings. The second-order valence-electron chi connectivity index (χ2n) is 5.74. The van der Waals surface area contributed by atoms with Gasteiger partial charge >= 0.3 is 0 Å². The molecule has 3 aromatic carbocycles. The van der Waals surface area contributed by atoms with Crippen molar-refractivity contribution in [3.8, 4) is 17.2 Å². The van der Waals surface area contributed by atoms with Gasteiger partial charge in [0.15, 0.2) is 0 Å². The minimum atomic E-state index is -0.852. The first kappa shape index (κ1) is 18.6. The van der Waals surface area contributed by atoms with E-state index in [9.17, 15) is 25.1 Å². The van der Waals surface area contributed by atoms with Crippen LogP contribution >= 0.6 is 0 Å². The second-order valence-corrected chi connectivity index (χ2v) is 5.74. The molecule has 1 amide bonds. The topological polar surface area (TPSA) is 137 Å². The number of carbonyl (C=O) groups is 1. The molecular formula is C19H14N3O6-. The number of aromatic hydroxyl groups is 1. The summed E-state index contributed by atoms with van der Waals surface area (Å²) in [7, 11) is 1.21. The van der Waals surface area contributed by atoms with E-state index >= 15 is 0 Å². The Hall–Kier alpha value is -4.14. The quantitative estimate of drug-likeness (QED) is 0.396. The summed E-state index contributed by atoms with van der Waals surface area (Å²) in [5.74, 6) is -1.94. The minimum Gasteiger partial charge on any atom is -0.865 e. The van der Waals surface area contributed by atoms with Gasteiger partial charge in [0.05, 0.1) is 23.8 Å². The summed E-state index contributed by atoms with van der Waals surface area (Å²) in [6.45, 7) is 0. The van der Waals surface area contributed by atoms with Crippen molar-refractivity contribution < 1.29 is 24.7 Å². The fourth-order valence-corrected chi connectivity index (χ4v) is 2.61. The van der Waals surface area contributed by atoms with Crippen LogP contribution in [0, 0.1) is 10.1 Å². The zero-order chi connectivity index (χ0) is 20.3. The van der Waals surface area contributed by atoms with Crippen molar-refractivity contribution in [1.29, 1.82) is 0 Å². The first-order valence-corrected chi connectivity index (χ1v) is 7.99. The van der Waals surface area contributed by atoms with E-state index in [0.717, 1.165) is 23.1 Å². The van der Waals surface area contributed by atoms with Crippen LogP contribution in [0.15, 0.2) is 53.6 Å². The maximum absolute atomic E-state index is 12.3. The molecule has 0 spiro atoms. The summed E-state index contributed by atoms with van der Waals surface area (Å²) in [6, 6.07) is 12.5. The van der Waals surface area contributed by atoms with E-state index in [1.54, 1.807) is 18.2 Å². The van der Waals surface area contributed by atoms with E-state index in [0.29, 0.717) is 0 Å². The Morgan fingerprint density at radius 2 is 1.89 bits per heavy atom. The van der Waals surface area contributed by atoms with Gasteiger partial charge in [-0.15, -0.1) is 0 Å². The Morgan fingerprint density at radius 1 is 1.21 bits per heavy atom. The number of carbonyl (C=O) groups excluding carboxylic acids is 1. The van der Waals surface area contributed by atoms with Gasteiger partial charge in [0, 0.05) is 17.4 Å². The van der Waals surface area contributed by atoms with Gasteiger partial charge in [-0.05, 0) is 29.0 Å². The third-order valence-corrected chi connectivity index (χ3v) is 3.96. The van der Waals surface area contributed by atoms with Gasteiger partial charge < -0.3 is 14.9 Å². The molecule has 0 aliphatic rings. The van der Waals surface area contributed by atoms with Crippen LogP contribution in [0.1, 0.15) is 15.9 Å². The van der Waals surface area contributed by atoms with Gasteiger partial charge in [-0.25, -0.2) is 5.43 Å². The molecule has 3 rings (SSSR count). The third kappa shape index (κ3) is 3.68. The number of fused-ring (bicyclic) bond motifs is 1. The largest absolute Gasteiger partial charge is 0.865 e. The first-order chi connectivity index (χ1) is 13.4. The Labute approximate surface area is 158 Å². The first-order valence-electron chi connectivity index (χ1n) is 7.99. The molecule has 0 fully saturated rings. The molecule has 28 heavy (non-hydrogen) atoms. The van der Waals surface area contributed by atoms with Crippen LogP contribution in [-0.2, 0) is 0 Å². The summed E-state index contributed by atoms with van der Waals surface area (Å²) in [4.78, 5) is 22.4. The standard InChI is InChI=1S/C19H15N3O6/c1-28-17-7-11(6-15(18(17)24)22(26)27)10-20-21-19(25)14-8-12-4-2-3-5-13(12)9-16(14)23/h2-10,23-24H,1H3,(H,21,25)/p-1/b20-10+.